The van der Waals surface area contributed by atoms with Crippen LogP contribution in [-0.4, -0.2) is 11.8 Å². The van der Waals surface area contributed by atoms with Crippen molar-refractivity contribution < 1.29 is 9.59 Å². The van der Waals surface area contributed by atoms with Crippen molar-refractivity contribution in [3.63, 3.8) is 0 Å². The van der Waals surface area contributed by atoms with Crippen LogP contribution >= 0.6 is 7.26 Å². The molecule has 0 bridgehead atoms. The fourth-order valence-electron chi connectivity index (χ4n) is 5.60. The van der Waals surface area contributed by atoms with Gasteiger partial charge in [0.05, 0.1) is 0 Å². The first-order chi connectivity index (χ1) is 22.2. The number of carbonyl (C=O) groups is 2. The van der Waals surface area contributed by atoms with Gasteiger partial charge in [-0.2, -0.15) is 0 Å². The molecule has 5 heteroatoms. The lowest BCUT2D eigenvalue weighted by Gasteiger charge is -2.31. The number of hydrogen-bond donors (Lipinski definition) is 2. The highest BCUT2D eigenvalue weighted by Crippen LogP contribution is 2.67. The number of hydrogen-bond acceptors (Lipinski definition) is 2. The van der Waals surface area contributed by atoms with E-state index in [1.54, 1.807) is 12.1 Å². The summed E-state index contributed by atoms with van der Waals surface area (Å²) in [5.41, 5.74) is 2.13. The molecule has 6 aromatic rings. The molecule has 0 aliphatic carbocycles. The van der Waals surface area contributed by atoms with E-state index in [0.29, 0.717) is 11.3 Å². The first-order valence-electron chi connectivity index (χ1n) is 14.8. The quantitative estimate of drug-likeness (QED) is 0.134. The van der Waals surface area contributed by atoms with Crippen LogP contribution in [0.4, 0.5) is 5.69 Å². The molecular formula is C40H32N2O2P+. The van der Waals surface area contributed by atoms with E-state index in [1.165, 1.54) is 0 Å². The molecular weight excluding hydrogens is 571 g/mol. The number of para-hydroxylation sites is 1. The van der Waals surface area contributed by atoms with Crippen LogP contribution in [0, 0.1) is 0 Å². The number of rotatable bonds is 9. The van der Waals surface area contributed by atoms with Gasteiger partial charge in [-0.3, -0.25) is 9.59 Å². The van der Waals surface area contributed by atoms with Crippen LogP contribution in [0.2, 0.25) is 0 Å². The number of nitrogens with one attached hydrogen (secondary N) is 2. The maximum absolute atomic E-state index is 14.7. The minimum Gasteiger partial charge on any atom is -0.321 e. The Labute approximate surface area is 264 Å². The van der Waals surface area contributed by atoms with E-state index >= 15 is 0 Å². The predicted octanol–water partition coefficient (Wildman–Crippen LogP) is 7.42. The molecule has 0 fully saturated rings. The predicted molar refractivity (Wildman–Crippen MR) is 187 cm³/mol. The number of amides is 2. The lowest BCUT2D eigenvalue weighted by molar-refractivity contribution is -0.113. The van der Waals surface area contributed by atoms with Crippen LogP contribution in [0.25, 0.3) is 5.31 Å². The average Bonchev–Trinajstić information content (AvgIpc) is 3.12. The Balaban J connectivity index is 1.75. The van der Waals surface area contributed by atoms with Gasteiger partial charge in [-0.05, 0) is 60.7 Å². The number of benzene rings is 6. The van der Waals surface area contributed by atoms with Crippen molar-refractivity contribution in [2.45, 2.75) is 0 Å². The van der Waals surface area contributed by atoms with Gasteiger partial charge in [0.15, 0.2) is 5.70 Å². The van der Waals surface area contributed by atoms with Crippen LogP contribution in [-0.2, 0) is 4.79 Å². The molecule has 0 saturated carbocycles. The first kappa shape index (κ1) is 29.5. The fourth-order valence-corrected chi connectivity index (χ4v) is 10.2. The van der Waals surface area contributed by atoms with Gasteiger partial charge in [0.2, 0.25) is 0 Å². The van der Waals surface area contributed by atoms with Gasteiger partial charge in [-0.15, -0.1) is 0 Å². The van der Waals surface area contributed by atoms with E-state index in [-0.39, 0.29) is 11.6 Å². The standard InChI is InChI=1S/C40H31N2O2P/c43-39(32-21-9-2-10-22-32)42-37(40(44)41-33-23-11-3-12-24-33)38(31-19-7-1-8-20-31)45(34-25-13-4-14-26-34,35-27-15-5-16-28-35)36-29-17-6-18-30-36/h1-30H,(H-,41,42,43,44)/p+1. The summed E-state index contributed by atoms with van der Waals surface area (Å²) in [7, 11) is -2.84. The minimum atomic E-state index is -2.84. The Bertz CT molecular complexity index is 1800. The minimum absolute atomic E-state index is 0.198. The van der Waals surface area contributed by atoms with Gasteiger partial charge in [0.1, 0.15) is 28.5 Å². The Morgan fingerprint density at radius 2 is 0.778 bits per heavy atom. The summed E-state index contributed by atoms with van der Waals surface area (Å²) in [5, 5.41) is 10.1. The lowest BCUT2D eigenvalue weighted by atomic mass is 10.1. The maximum Gasteiger partial charge on any atom is 0.276 e. The summed E-state index contributed by atoms with van der Waals surface area (Å²) in [6, 6.07) is 59.2. The van der Waals surface area contributed by atoms with Gasteiger partial charge in [0.25, 0.3) is 11.8 Å². The first-order valence-corrected chi connectivity index (χ1v) is 16.6. The fraction of sp³-hybridized carbons (Fsp3) is 0. The molecule has 0 aliphatic heterocycles. The molecule has 2 amide bonds. The van der Waals surface area contributed by atoms with E-state index in [4.69, 9.17) is 0 Å². The monoisotopic (exact) mass is 603 g/mol. The Morgan fingerprint density at radius 1 is 0.422 bits per heavy atom. The van der Waals surface area contributed by atoms with Gasteiger partial charge >= 0.3 is 0 Å². The topological polar surface area (TPSA) is 58.2 Å². The molecule has 4 nitrogen and oxygen atoms in total. The molecule has 0 unspecified atom stereocenters. The van der Waals surface area contributed by atoms with Crippen molar-refractivity contribution in [2.75, 3.05) is 5.32 Å². The molecule has 0 saturated heterocycles. The van der Waals surface area contributed by atoms with Crippen LogP contribution in [0.1, 0.15) is 15.9 Å². The lowest BCUT2D eigenvalue weighted by Crippen LogP contribution is -2.37. The van der Waals surface area contributed by atoms with Crippen molar-refractivity contribution in [1.82, 2.24) is 5.32 Å². The smallest absolute Gasteiger partial charge is 0.276 e. The molecule has 0 aromatic heterocycles. The molecule has 0 spiro atoms. The highest BCUT2D eigenvalue weighted by atomic mass is 31.2. The Morgan fingerprint density at radius 3 is 1.20 bits per heavy atom. The van der Waals surface area contributed by atoms with E-state index in [0.717, 1.165) is 26.8 Å². The highest BCUT2D eigenvalue weighted by molar-refractivity contribution is 8.03. The van der Waals surface area contributed by atoms with Crippen LogP contribution in [0.3, 0.4) is 0 Å². The Kier molecular flexibility index (Phi) is 9.06. The normalized spacial score (nSPS) is 11.6. The van der Waals surface area contributed by atoms with Gasteiger partial charge < -0.3 is 10.6 Å². The second-order valence-electron chi connectivity index (χ2n) is 10.4. The molecule has 0 heterocycles. The third kappa shape index (κ3) is 6.24. The van der Waals surface area contributed by atoms with Crippen LogP contribution in [0.5, 0.6) is 0 Å². The zero-order chi connectivity index (χ0) is 30.9. The van der Waals surface area contributed by atoms with E-state index < -0.39 is 13.2 Å². The van der Waals surface area contributed by atoms with Gasteiger partial charge in [-0.25, -0.2) is 0 Å². The van der Waals surface area contributed by atoms with Crippen molar-refractivity contribution in [3.8, 4) is 0 Å². The second kappa shape index (κ2) is 13.8. The van der Waals surface area contributed by atoms with Crippen molar-refractivity contribution in [2.24, 2.45) is 0 Å². The van der Waals surface area contributed by atoms with Gasteiger partial charge in [-0.1, -0.05) is 121 Å². The third-order valence-corrected chi connectivity index (χ3v) is 12.0. The number of anilines is 1. The molecule has 218 valence electrons. The van der Waals surface area contributed by atoms with Crippen molar-refractivity contribution >= 4 is 46.0 Å². The van der Waals surface area contributed by atoms with E-state index in [2.05, 4.69) is 47.0 Å². The van der Waals surface area contributed by atoms with E-state index in [1.807, 2.05) is 133 Å². The zero-order valence-electron chi connectivity index (χ0n) is 24.6. The summed E-state index contributed by atoms with van der Waals surface area (Å²) in [5.74, 6) is -0.772. The maximum atomic E-state index is 14.7. The molecule has 45 heavy (non-hydrogen) atoms. The van der Waals surface area contributed by atoms with Gasteiger partial charge in [0, 0.05) is 16.8 Å². The third-order valence-electron chi connectivity index (χ3n) is 7.58. The second-order valence-corrected chi connectivity index (χ2v) is 13.7. The molecule has 6 aromatic carbocycles. The molecule has 6 rings (SSSR count). The van der Waals surface area contributed by atoms with Crippen LogP contribution in [0.15, 0.2) is 188 Å². The van der Waals surface area contributed by atoms with E-state index in [9.17, 15) is 9.59 Å². The molecule has 0 atom stereocenters. The molecule has 2 N–H and O–H groups in total. The molecule has 0 radical (unpaired) electrons. The summed E-state index contributed by atoms with van der Waals surface area (Å²) < 4.78 is 0. The van der Waals surface area contributed by atoms with Crippen molar-refractivity contribution in [3.05, 3.63) is 199 Å². The Hall–Kier alpha value is -5.57. The average molecular weight is 604 g/mol. The summed E-state index contributed by atoms with van der Waals surface area (Å²) in [6.45, 7) is 0. The highest BCUT2D eigenvalue weighted by Gasteiger charge is 2.52. The summed E-state index contributed by atoms with van der Waals surface area (Å²) >= 11 is 0. The summed E-state index contributed by atoms with van der Waals surface area (Å²) in [4.78, 5) is 28.6. The van der Waals surface area contributed by atoms with Crippen molar-refractivity contribution in [1.29, 1.82) is 0 Å². The summed E-state index contributed by atoms with van der Waals surface area (Å²) in [6.07, 6.45) is 0. The molecule has 0 aliphatic rings. The zero-order valence-corrected chi connectivity index (χ0v) is 25.5. The number of carbonyl (C=O) groups excluding carboxylic acids is 2. The SMILES string of the molecule is O=C(Nc1ccccc1)C(NC(=O)c1ccccc1)=C(c1ccccc1)[P+](c1ccccc1)(c1ccccc1)c1ccccc1. The van der Waals surface area contributed by atoms with Crippen LogP contribution < -0.4 is 26.5 Å². The largest absolute Gasteiger partial charge is 0.321 e.